The van der Waals surface area contributed by atoms with Crippen LogP contribution >= 0.6 is 0 Å². The zero-order valence-corrected chi connectivity index (χ0v) is 11.1. The SMILES string of the molecule is CCNCc1cc(COc2cc(C)ccc2F)on1. The summed E-state index contributed by atoms with van der Waals surface area (Å²) in [6.45, 7) is 5.59. The van der Waals surface area contributed by atoms with Crippen molar-refractivity contribution in [3.05, 3.63) is 47.1 Å². The van der Waals surface area contributed by atoms with E-state index >= 15 is 0 Å². The Kier molecular flexibility index (Phi) is 4.52. The van der Waals surface area contributed by atoms with Crippen molar-refractivity contribution in [2.75, 3.05) is 6.54 Å². The number of aryl methyl sites for hydroxylation is 1. The molecule has 0 unspecified atom stereocenters. The highest BCUT2D eigenvalue weighted by atomic mass is 19.1. The standard InChI is InChI=1S/C14H17FN2O2/c1-3-16-8-11-7-12(19-17-11)9-18-14-6-10(2)4-5-13(14)15/h4-7,16H,3,8-9H2,1-2H3. The minimum atomic E-state index is -0.377. The lowest BCUT2D eigenvalue weighted by atomic mass is 10.2. The third kappa shape index (κ3) is 3.79. The summed E-state index contributed by atoms with van der Waals surface area (Å²) in [5.41, 5.74) is 1.76. The zero-order valence-electron chi connectivity index (χ0n) is 11.1. The number of hydrogen-bond donors (Lipinski definition) is 1. The van der Waals surface area contributed by atoms with Crippen molar-refractivity contribution >= 4 is 0 Å². The van der Waals surface area contributed by atoms with Crippen molar-refractivity contribution in [2.45, 2.75) is 27.0 Å². The second-order valence-electron chi connectivity index (χ2n) is 4.29. The molecule has 0 aliphatic carbocycles. The van der Waals surface area contributed by atoms with Crippen LogP contribution in [0.15, 0.2) is 28.8 Å². The highest BCUT2D eigenvalue weighted by Crippen LogP contribution is 2.19. The molecule has 0 saturated heterocycles. The number of rotatable bonds is 6. The Labute approximate surface area is 111 Å². The van der Waals surface area contributed by atoms with Crippen LogP contribution < -0.4 is 10.1 Å². The maximum atomic E-state index is 13.5. The van der Waals surface area contributed by atoms with Gasteiger partial charge in [-0.2, -0.15) is 0 Å². The van der Waals surface area contributed by atoms with E-state index in [1.54, 1.807) is 18.2 Å². The van der Waals surface area contributed by atoms with Gasteiger partial charge in [0.2, 0.25) is 0 Å². The minimum Gasteiger partial charge on any atom is -0.482 e. The van der Waals surface area contributed by atoms with Crippen molar-refractivity contribution in [2.24, 2.45) is 0 Å². The first-order valence-electron chi connectivity index (χ1n) is 6.23. The van der Waals surface area contributed by atoms with Crippen LogP contribution in [0.2, 0.25) is 0 Å². The molecule has 1 N–H and O–H groups in total. The predicted molar refractivity (Wildman–Crippen MR) is 69.4 cm³/mol. The van der Waals surface area contributed by atoms with Gasteiger partial charge in [0.1, 0.15) is 6.61 Å². The number of benzene rings is 1. The molecule has 1 aromatic heterocycles. The maximum Gasteiger partial charge on any atom is 0.174 e. The second kappa shape index (κ2) is 6.33. The average Bonchev–Trinajstić information content (AvgIpc) is 2.85. The summed E-state index contributed by atoms with van der Waals surface area (Å²) in [6.07, 6.45) is 0. The van der Waals surface area contributed by atoms with E-state index < -0.39 is 0 Å². The van der Waals surface area contributed by atoms with Gasteiger partial charge >= 0.3 is 0 Å². The molecule has 4 nitrogen and oxygen atoms in total. The Hall–Kier alpha value is -1.88. The van der Waals surface area contributed by atoms with Crippen LogP contribution in [0.5, 0.6) is 5.75 Å². The molecule has 0 spiro atoms. The van der Waals surface area contributed by atoms with Crippen LogP contribution in [0.1, 0.15) is 23.9 Å². The molecule has 0 atom stereocenters. The van der Waals surface area contributed by atoms with Crippen molar-refractivity contribution < 1.29 is 13.7 Å². The van der Waals surface area contributed by atoms with Gasteiger partial charge in [-0.1, -0.05) is 18.1 Å². The molecule has 0 aliphatic heterocycles. The first-order valence-corrected chi connectivity index (χ1v) is 6.23. The van der Waals surface area contributed by atoms with Gasteiger partial charge in [-0.3, -0.25) is 0 Å². The zero-order chi connectivity index (χ0) is 13.7. The molecule has 1 aromatic carbocycles. The number of nitrogens with one attached hydrogen (secondary N) is 1. The molecule has 2 rings (SSSR count). The summed E-state index contributed by atoms with van der Waals surface area (Å²) in [4.78, 5) is 0. The highest BCUT2D eigenvalue weighted by molar-refractivity contribution is 5.29. The molecule has 102 valence electrons. The van der Waals surface area contributed by atoms with E-state index in [4.69, 9.17) is 9.26 Å². The maximum absolute atomic E-state index is 13.5. The number of nitrogens with zero attached hydrogens (tertiary/aromatic N) is 1. The lowest BCUT2D eigenvalue weighted by molar-refractivity contribution is 0.239. The van der Waals surface area contributed by atoms with E-state index in [2.05, 4.69) is 10.5 Å². The van der Waals surface area contributed by atoms with E-state index in [0.717, 1.165) is 17.8 Å². The fourth-order valence-corrected chi connectivity index (χ4v) is 1.63. The molecular weight excluding hydrogens is 247 g/mol. The third-order valence-electron chi connectivity index (χ3n) is 2.62. The van der Waals surface area contributed by atoms with Gasteiger partial charge in [0.25, 0.3) is 0 Å². The van der Waals surface area contributed by atoms with Crippen LogP contribution in [0, 0.1) is 12.7 Å². The molecule has 19 heavy (non-hydrogen) atoms. The summed E-state index contributed by atoms with van der Waals surface area (Å²) < 4.78 is 24.0. The summed E-state index contributed by atoms with van der Waals surface area (Å²) in [6, 6.07) is 6.55. The van der Waals surface area contributed by atoms with Crippen LogP contribution in [-0.2, 0) is 13.2 Å². The first kappa shape index (κ1) is 13.5. The van der Waals surface area contributed by atoms with Crippen molar-refractivity contribution in [1.29, 1.82) is 0 Å². The van der Waals surface area contributed by atoms with Gasteiger partial charge < -0.3 is 14.6 Å². The monoisotopic (exact) mass is 264 g/mol. The number of ether oxygens (including phenoxy) is 1. The van der Waals surface area contributed by atoms with Crippen LogP contribution in [0.3, 0.4) is 0 Å². The summed E-state index contributed by atoms with van der Waals surface area (Å²) in [7, 11) is 0. The molecule has 0 aliphatic rings. The largest absolute Gasteiger partial charge is 0.482 e. The Bertz CT molecular complexity index is 540. The molecule has 1 heterocycles. The van der Waals surface area contributed by atoms with Gasteiger partial charge in [-0.15, -0.1) is 0 Å². The van der Waals surface area contributed by atoms with E-state index in [9.17, 15) is 4.39 Å². The number of aromatic nitrogens is 1. The van der Waals surface area contributed by atoms with Crippen LogP contribution in [0.25, 0.3) is 0 Å². The quantitative estimate of drug-likeness (QED) is 0.871. The van der Waals surface area contributed by atoms with Gasteiger partial charge in [0, 0.05) is 12.6 Å². The number of halogens is 1. The summed E-state index contributed by atoms with van der Waals surface area (Å²) in [5.74, 6) is 0.427. The minimum absolute atomic E-state index is 0.166. The molecule has 5 heteroatoms. The molecule has 0 amide bonds. The molecule has 0 radical (unpaired) electrons. The Morgan fingerprint density at radius 2 is 2.21 bits per heavy atom. The van der Waals surface area contributed by atoms with Crippen molar-refractivity contribution in [1.82, 2.24) is 10.5 Å². The fraction of sp³-hybridized carbons (Fsp3) is 0.357. The molecule has 0 saturated carbocycles. The van der Waals surface area contributed by atoms with E-state index in [-0.39, 0.29) is 18.2 Å². The van der Waals surface area contributed by atoms with E-state index in [0.29, 0.717) is 12.3 Å². The normalized spacial score (nSPS) is 10.7. The second-order valence-corrected chi connectivity index (χ2v) is 4.29. The van der Waals surface area contributed by atoms with Crippen molar-refractivity contribution in [3.63, 3.8) is 0 Å². The third-order valence-corrected chi connectivity index (χ3v) is 2.62. The Balaban J connectivity index is 1.94. The van der Waals surface area contributed by atoms with Gasteiger partial charge in [-0.05, 0) is 31.2 Å². The first-order chi connectivity index (χ1) is 9.19. The smallest absolute Gasteiger partial charge is 0.174 e. The molecule has 0 bridgehead atoms. The summed E-state index contributed by atoms with van der Waals surface area (Å²) >= 11 is 0. The Morgan fingerprint density at radius 3 is 3.00 bits per heavy atom. The molecule has 0 fully saturated rings. The highest BCUT2D eigenvalue weighted by Gasteiger charge is 2.07. The summed E-state index contributed by atoms with van der Waals surface area (Å²) in [5, 5.41) is 7.04. The van der Waals surface area contributed by atoms with Gasteiger partial charge in [0.05, 0.1) is 5.69 Å². The topological polar surface area (TPSA) is 47.3 Å². The molecular formula is C14H17FN2O2. The van der Waals surface area contributed by atoms with Gasteiger partial charge in [-0.25, -0.2) is 4.39 Å². The van der Waals surface area contributed by atoms with Crippen LogP contribution in [0.4, 0.5) is 4.39 Å². The Morgan fingerprint density at radius 1 is 1.37 bits per heavy atom. The fourth-order valence-electron chi connectivity index (χ4n) is 1.63. The lowest BCUT2D eigenvalue weighted by Gasteiger charge is -2.05. The van der Waals surface area contributed by atoms with Gasteiger partial charge in [0.15, 0.2) is 17.3 Å². The van der Waals surface area contributed by atoms with Crippen molar-refractivity contribution in [3.8, 4) is 5.75 Å². The predicted octanol–water partition coefficient (Wildman–Crippen LogP) is 2.81. The van der Waals surface area contributed by atoms with E-state index in [1.165, 1.54) is 6.07 Å². The molecule has 2 aromatic rings. The van der Waals surface area contributed by atoms with E-state index in [1.807, 2.05) is 13.8 Å². The number of hydrogen-bond acceptors (Lipinski definition) is 4. The average molecular weight is 264 g/mol. The van der Waals surface area contributed by atoms with Crippen LogP contribution in [-0.4, -0.2) is 11.7 Å². The lowest BCUT2D eigenvalue weighted by Crippen LogP contribution is -2.11.